The highest BCUT2D eigenvalue weighted by atomic mass is 127. The van der Waals surface area contributed by atoms with Crippen molar-refractivity contribution in [1.29, 1.82) is 0 Å². The first-order chi connectivity index (χ1) is 13.8. The van der Waals surface area contributed by atoms with Gasteiger partial charge in [-0.25, -0.2) is 0 Å². The summed E-state index contributed by atoms with van der Waals surface area (Å²) in [6.45, 7) is 15.2. The van der Waals surface area contributed by atoms with Crippen molar-refractivity contribution < 1.29 is 9.59 Å². The van der Waals surface area contributed by atoms with Gasteiger partial charge in [-0.1, -0.05) is 27.7 Å². The molecule has 30 heavy (non-hydrogen) atoms. The first kappa shape index (κ1) is 26.9. The lowest BCUT2D eigenvalue weighted by Crippen LogP contribution is -2.55. The van der Waals surface area contributed by atoms with Gasteiger partial charge in [0.1, 0.15) is 0 Å². The van der Waals surface area contributed by atoms with Gasteiger partial charge >= 0.3 is 0 Å². The van der Waals surface area contributed by atoms with Crippen molar-refractivity contribution in [2.24, 2.45) is 22.7 Å². The molecule has 2 rings (SSSR count). The Morgan fingerprint density at radius 1 is 0.967 bits per heavy atom. The smallest absolute Gasteiger partial charge is 0.236 e. The number of hydrogen-bond acceptors (Lipinski definition) is 4. The van der Waals surface area contributed by atoms with Gasteiger partial charge in [0.25, 0.3) is 0 Å². The normalized spacial score (nSPS) is 23.2. The Balaban J connectivity index is 0.00000450. The van der Waals surface area contributed by atoms with E-state index in [0.29, 0.717) is 31.5 Å². The van der Waals surface area contributed by atoms with E-state index in [9.17, 15) is 9.59 Å². The average Bonchev–Trinajstić information content (AvgIpc) is 2.68. The number of nitrogens with one attached hydrogen (secondary N) is 2. The zero-order valence-corrected chi connectivity index (χ0v) is 21.6. The number of halogens is 1. The molecule has 0 radical (unpaired) electrons. The summed E-state index contributed by atoms with van der Waals surface area (Å²) < 4.78 is 0. The summed E-state index contributed by atoms with van der Waals surface area (Å²) in [5.74, 6) is 2.38. The second-order valence-corrected chi connectivity index (χ2v) is 8.93. The fourth-order valence-corrected chi connectivity index (χ4v) is 4.17. The van der Waals surface area contributed by atoms with Crippen LogP contribution in [0, 0.1) is 17.8 Å². The van der Waals surface area contributed by atoms with Gasteiger partial charge in [0, 0.05) is 65.3 Å². The number of guanidine groups is 1. The fourth-order valence-electron chi connectivity index (χ4n) is 4.17. The minimum atomic E-state index is 0. The van der Waals surface area contributed by atoms with Crippen LogP contribution in [0.25, 0.3) is 0 Å². The molecule has 0 aliphatic carbocycles. The molecular weight excluding hydrogens is 495 g/mol. The monoisotopic (exact) mass is 536 g/mol. The molecule has 0 aromatic heterocycles. The summed E-state index contributed by atoms with van der Waals surface area (Å²) >= 11 is 0. The van der Waals surface area contributed by atoms with Crippen LogP contribution in [0.4, 0.5) is 0 Å². The lowest BCUT2D eigenvalue weighted by atomic mass is 9.92. The van der Waals surface area contributed by atoms with Gasteiger partial charge in [-0.3, -0.25) is 19.5 Å². The highest BCUT2D eigenvalue weighted by molar-refractivity contribution is 14.0. The number of carbonyl (C=O) groups excluding carboxylic acids is 2. The van der Waals surface area contributed by atoms with Crippen molar-refractivity contribution in [3.05, 3.63) is 0 Å². The van der Waals surface area contributed by atoms with Crippen LogP contribution in [0.5, 0.6) is 0 Å². The first-order valence-corrected chi connectivity index (χ1v) is 11.0. The molecule has 9 heteroatoms. The van der Waals surface area contributed by atoms with E-state index in [1.54, 1.807) is 7.05 Å². The lowest BCUT2D eigenvalue weighted by molar-refractivity contribution is -0.135. The molecule has 0 aromatic rings. The number of rotatable bonds is 6. The molecule has 2 unspecified atom stereocenters. The van der Waals surface area contributed by atoms with Crippen molar-refractivity contribution in [2.75, 3.05) is 66.0 Å². The van der Waals surface area contributed by atoms with Gasteiger partial charge in [-0.15, -0.1) is 24.0 Å². The second kappa shape index (κ2) is 13.3. The van der Waals surface area contributed by atoms with Crippen LogP contribution in [0.15, 0.2) is 4.99 Å². The standard InChI is InChI=1S/C21H40N6O2.HI/c1-16(2)20(29)23-6-7-24-21(22-5)26-10-8-25(9-11-26)15-19(28)27-13-17(3)12-18(4)14-27;/h16-18H,6-15H2,1-5H3,(H,22,24)(H,23,29);1H. The highest BCUT2D eigenvalue weighted by Gasteiger charge is 2.28. The molecule has 174 valence electrons. The number of hydrogen-bond donors (Lipinski definition) is 2. The highest BCUT2D eigenvalue weighted by Crippen LogP contribution is 2.21. The van der Waals surface area contributed by atoms with Crippen LogP contribution in [0.2, 0.25) is 0 Å². The first-order valence-electron chi connectivity index (χ1n) is 11.0. The van der Waals surface area contributed by atoms with Crippen molar-refractivity contribution in [3.8, 4) is 0 Å². The summed E-state index contributed by atoms with van der Waals surface area (Å²) in [6.07, 6.45) is 1.22. The number of carbonyl (C=O) groups is 2. The van der Waals surface area contributed by atoms with Crippen LogP contribution >= 0.6 is 24.0 Å². The van der Waals surface area contributed by atoms with Gasteiger partial charge in [0.2, 0.25) is 11.8 Å². The van der Waals surface area contributed by atoms with E-state index in [0.717, 1.165) is 45.2 Å². The molecule has 0 spiro atoms. The molecular formula is C21H41IN6O2. The van der Waals surface area contributed by atoms with Crippen LogP contribution in [0.1, 0.15) is 34.1 Å². The molecule has 2 saturated heterocycles. The molecule has 2 aliphatic heterocycles. The maximum Gasteiger partial charge on any atom is 0.236 e. The molecule has 8 nitrogen and oxygen atoms in total. The summed E-state index contributed by atoms with van der Waals surface area (Å²) in [5.41, 5.74) is 0. The zero-order valence-electron chi connectivity index (χ0n) is 19.3. The predicted octanol–water partition coefficient (Wildman–Crippen LogP) is 1.07. The Morgan fingerprint density at radius 3 is 2.07 bits per heavy atom. The number of nitrogens with zero attached hydrogens (tertiary/aromatic N) is 4. The van der Waals surface area contributed by atoms with Crippen LogP contribution in [-0.2, 0) is 9.59 Å². The van der Waals surface area contributed by atoms with E-state index in [-0.39, 0.29) is 41.7 Å². The number of amides is 2. The summed E-state index contributed by atoms with van der Waals surface area (Å²) in [4.78, 5) is 35.2. The Bertz CT molecular complexity index is 568. The van der Waals surface area contributed by atoms with Gasteiger partial charge in [0.05, 0.1) is 6.54 Å². The second-order valence-electron chi connectivity index (χ2n) is 8.93. The van der Waals surface area contributed by atoms with Crippen molar-refractivity contribution in [3.63, 3.8) is 0 Å². The zero-order chi connectivity index (χ0) is 21.4. The van der Waals surface area contributed by atoms with Crippen LogP contribution in [-0.4, -0.2) is 98.4 Å². The minimum Gasteiger partial charge on any atom is -0.354 e. The quantitative estimate of drug-likeness (QED) is 0.230. The van der Waals surface area contributed by atoms with Gasteiger partial charge < -0.3 is 20.4 Å². The third-order valence-corrected chi connectivity index (χ3v) is 5.70. The van der Waals surface area contributed by atoms with Crippen LogP contribution in [0.3, 0.4) is 0 Å². The van der Waals surface area contributed by atoms with Crippen molar-refractivity contribution in [1.82, 2.24) is 25.3 Å². The number of likely N-dealkylation sites (tertiary alicyclic amines) is 1. The minimum absolute atomic E-state index is 0. The Kier molecular flexibility index (Phi) is 12.0. The van der Waals surface area contributed by atoms with E-state index in [4.69, 9.17) is 0 Å². The topological polar surface area (TPSA) is 80.3 Å². The fraction of sp³-hybridized carbons (Fsp3) is 0.857. The lowest BCUT2D eigenvalue weighted by Gasteiger charge is -2.39. The van der Waals surface area contributed by atoms with E-state index < -0.39 is 0 Å². The van der Waals surface area contributed by atoms with E-state index in [2.05, 4.69) is 44.2 Å². The maximum atomic E-state index is 12.7. The molecule has 2 aliphatic rings. The molecule has 0 bridgehead atoms. The Labute approximate surface area is 199 Å². The molecule has 0 saturated carbocycles. The Morgan fingerprint density at radius 2 is 1.53 bits per heavy atom. The summed E-state index contributed by atoms with van der Waals surface area (Å²) in [7, 11) is 1.78. The van der Waals surface area contributed by atoms with Gasteiger partial charge in [0.15, 0.2) is 5.96 Å². The Hall–Kier alpha value is -1.10. The molecule has 2 N–H and O–H groups in total. The van der Waals surface area contributed by atoms with Gasteiger partial charge in [-0.2, -0.15) is 0 Å². The number of aliphatic imine (C=N–C) groups is 1. The average molecular weight is 537 g/mol. The third-order valence-electron chi connectivity index (χ3n) is 5.70. The molecule has 0 aromatic carbocycles. The van der Waals surface area contributed by atoms with Gasteiger partial charge in [-0.05, 0) is 18.3 Å². The molecule has 2 fully saturated rings. The largest absolute Gasteiger partial charge is 0.354 e. The summed E-state index contributed by atoms with van der Waals surface area (Å²) in [6, 6.07) is 0. The SMILES string of the molecule is CN=C(NCCNC(=O)C(C)C)N1CCN(CC(=O)N2CC(C)CC(C)C2)CC1.I. The third kappa shape index (κ3) is 8.56. The van der Waals surface area contributed by atoms with Crippen molar-refractivity contribution >= 4 is 41.8 Å². The molecule has 2 heterocycles. The predicted molar refractivity (Wildman–Crippen MR) is 132 cm³/mol. The van der Waals surface area contributed by atoms with E-state index >= 15 is 0 Å². The number of piperazine rings is 1. The van der Waals surface area contributed by atoms with Crippen LogP contribution < -0.4 is 10.6 Å². The van der Waals surface area contributed by atoms with E-state index in [1.807, 2.05) is 13.8 Å². The van der Waals surface area contributed by atoms with E-state index in [1.165, 1.54) is 6.42 Å². The molecule has 2 amide bonds. The maximum absolute atomic E-state index is 12.7. The summed E-state index contributed by atoms with van der Waals surface area (Å²) in [5, 5.41) is 6.22. The molecule has 2 atom stereocenters. The number of piperidine rings is 1. The van der Waals surface area contributed by atoms with Crippen molar-refractivity contribution in [2.45, 2.75) is 34.1 Å².